The highest BCUT2D eigenvalue weighted by Gasteiger charge is 2.13. The van der Waals surface area contributed by atoms with Crippen LogP contribution < -0.4 is 5.32 Å². The zero-order valence-electron chi connectivity index (χ0n) is 11.2. The van der Waals surface area contributed by atoms with Crippen molar-refractivity contribution in [2.45, 2.75) is 6.42 Å². The molecule has 0 radical (unpaired) electrons. The Morgan fingerprint density at radius 3 is 2.43 bits per heavy atom. The molecule has 0 unspecified atom stereocenters. The molecule has 0 aromatic heterocycles. The minimum atomic E-state index is -1.02. The Hall–Kier alpha value is -2.82. The lowest BCUT2D eigenvalue weighted by atomic mass is 10.0. The first kappa shape index (κ1) is 14.6. The van der Waals surface area contributed by atoms with Crippen LogP contribution in [0.3, 0.4) is 0 Å². The van der Waals surface area contributed by atoms with Crippen LogP contribution in [-0.2, 0) is 11.2 Å². The molecule has 0 saturated heterocycles. The zero-order valence-corrected chi connectivity index (χ0v) is 11.2. The molecule has 2 aromatic rings. The van der Waals surface area contributed by atoms with Gasteiger partial charge in [0.05, 0.1) is 0 Å². The van der Waals surface area contributed by atoms with Crippen LogP contribution >= 0.6 is 0 Å². The van der Waals surface area contributed by atoms with Crippen molar-refractivity contribution < 1.29 is 19.8 Å². The van der Waals surface area contributed by atoms with Crippen LogP contribution in [0.2, 0.25) is 0 Å². The molecular weight excluding hydrogens is 270 g/mol. The van der Waals surface area contributed by atoms with E-state index in [2.05, 4.69) is 5.32 Å². The van der Waals surface area contributed by atoms with Gasteiger partial charge >= 0.3 is 5.97 Å². The van der Waals surface area contributed by atoms with E-state index in [9.17, 15) is 14.7 Å². The van der Waals surface area contributed by atoms with Gasteiger partial charge in [0.1, 0.15) is 12.3 Å². The Bertz CT molecular complexity index is 653. The number of benzene rings is 2. The Balaban J connectivity index is 2.22. The van der Waals surface area contributed by atoms with Crippen LogP contribution in [0.25, 0.3) is 0 Å². The van der Waals surface area contributed by atoms with E-state index < -0.39 is 5.97 Å². The van der Waals surface area contributed by atoms with Crippen LogP contribution in [0, 0.1) is 0 Å². The lowest BCUT2D eigenvalue weighted by Crippen LogP contribution is -2.15. The molecule has 0 amide bonds. The van der Waals surface area contributed by atoms with E-state index in [1.54, 1.807) is 0 Å². The first-order chi connectivity index (χ1) is 10.1. The molecule has 2 aromatic carbocycles. The van der Waals surface area contributed by atoms with Gasteiger partial charge in [-0.15, -0.1) is 0 Å². The molecule has 0 saturated carbocycles. The highest BCUT2D eigenvalue weighted by molar-refractivity contribution is 6.03. The summed E-state index contributed by atoms with van der Waals surface area (Å²) in [5.74, 6) is -1.25. The van der Waals surface area contributed by atoms with Crippen LogP contribution in [0.15, 0.2) is 48.5 Å². The summed E-state index contributed by atoms with van der Waals surface area (Å²) < 4.78 is 0. The third-order valence-corrected chi connectivity index (χ3v) is 2.94. The number of Topliss-reactive ketones (excluding diaryl/α,β-unsaturated/α-hetero) is 1. The van der Waals surface area contributed by atoms with Crippen molar-refractivity contribution in [1.82, 2.24) is 0 Å². The zero-order chi connectivity index (χ0) is 15.2. The smallest absolute Gasteiger partial charge is 0.322 e. The number of carbonyl (C=O) groups is 2. The number of hydrogen-bond donors (Lipinski definition) is 3. The maximum absolute atomic E-state index is 12.3. The van der Waals surface area contributed by atoms with Crippen molar-refractivity contribution in [1.29, 1.82) is 0 Å². The first-order valence-electron chi connectivity index (χ1n) is 6.42. The average Bonchev–Trinajstić information content (AvgIpc) is 2.46. The highest BCUT2D eigenvalue weighted by Crippen LogP contribution is 2.23. The molecule has 3 N–H and O–H groups in total. The fraction of sp³-hybridized carbons (Fsp3) is 0.125. The molecule has 21 heavy (non-hydrogen) atoms. The van der Waals surface area contributed by atoms with Gasteiger partial charge in [-0.05, 0) is 23.8 Å². The van der Waals surface area contributed by atoms with Gasteiger partial charge in [-0.25, -0.2) is 0 Å². The van der Waals surface area contributed by atoms with Gasteiger partial charge in [-0.1, -0.05) is 30.3 Å². The number of aliphatic carboxylic acids is 1. The Morgan fingerprint density at radius 1 is 1.05 bits per heavy atom. The number of carbonyl (C=O) groups excluding carboxylic acids is 1. The summed E-state index contributed by atoms with van der Waals surface area (Å²) in [5.41, 5.74) is 1.53. The predicted molar refractivity (Wildman–Crippen MR) is 78.7 cm³/mol. The number of phenols is 1. The number of carboxylic acid groups (broad SMARTS) is 1. The fourth-order valence-electron chi connectivity index (χ4n) is 1.96. The van der Waals surface area contributed by atoms with Crippen molar-refractivity contribution in [2.75, 3.05) is 11.9 Å². The second-order valence-electron chi connectivity index (χ2n) is 4.56. The number of anilines is 1. The molecule has 0 atom stereocenters. The van der Waals surface area contributed by atoms with E-state index in [0.29, 0.717) is 5.69 Å². The first-order valence-corrected chi connectivity index (χ1v) is 6.42. The molecule has 0 aliphatic carbocycles. The molecule has 108 valence electrons. The van der Waals surface area contributed by atoms with Gasteiger partial charge in [0.25, 0.3) is 0 Å². The minimum Gasteiger partial charge on any atom is -0.508 e. The summed E-state index contributed by atoms with van der Waals surface area (Å²) in [6.07, 6.45) is 0.187. The second-order valence-corrected chi connectivity index (χ2v) is 4.56. The van der Waals surface area contributed by atoms with E-state index in [-0.39, 0.29) is 30.1 Å². The van der Waals surface area contributed by atoms with Crippen molar-refractivity contribution in [3.8, 4) is 5.75 Å². The van der Waals surface area contributed by atoms with Crippen LogP contribution in [0.1, 0.15) is 15.9 Å². The molecule has 0 aliphatic rings. The molecule has 2 rings (SSSR count). The SMILES string of the molecule is O=C(O)CNc1ccc(O)cc1C(=O)Cc1ccccc1. The summed E-state index contributed by atoms with van der Waals surface area (Å²) in [5, 5.41) is 20.9. The Labute approximate surface area is 121 Å². The summed E-state index contributed by atoms with van der Waals surface area (Å²) in [6.45, 7) is -0.295. The molecular formula is C16H15NO4. The third-order valence-electron chi connectivity index (χ3n) is 2.94. The number of carboxylic acids is 1. The van der Waals surface area contributed by atoms with E-state index >= 15 is 0 Å². The van der Waals surface area contributed by atoms with Gasteiger partial charge in [-0.3, -0.25) is 9.59 Å². The van der Waals surface area contributed by atoms with Crippen molar-refractivity contribution >= 4 is 17.4 Å². The highest BCUT2D eigenvalue weighted by atomic mass is 16.4. The fourth-order valence-corrected chi connectivity index (χ4v) is 1.96. The summed E-state index contributed by atoms with van der Waals surface area (Å²) in [6, 6.07) is 13.5. The van der Waals surface area contributed by atoms with E-state index in [0.717, 1.165) is 5.56 Å². The van der Waals surface area contributed by atoms with Crippen LogP contribution in [-0.4, -0.2) is 28.5 Å². The quantitative estimate of drug-likeness (QED) is 0.560. The molecule has 0 fully saturated rings. The molecule has 0 bridgehead atoms. The lowest BCUT2D eigenvalue weighted by Gasteiger charge is -2.10. The van der Waals surface area contributed by atoms with Crippen LogP contribution in [0.5, 0.6) is 5.75 Å². The van der Waals surface area contributed by atoms with E-state index in [1.165, 1.54) is 18.2 Å². The summed E-state index contributed by atoms with van der Waals surface area (Å²) in [7, 11) is 0. The van der Waals surface area contributed by atoms with E-state index in [1.807, 2.05) is 30.3 Å². The van der Waals surface area contributed by atoms with Crippen molar-refractivity contribution in [2.24, 2.45) is 0 Å². The molecule has 0 heterocycles. The largest absolute Gasteiger partial charge is 0.508 e. The van der Waals surface area contributed by atoms with Gasteiger partial charge < -0.3 is 15.5 Å². The molecule has 5 nitrogen and oxygen atoms in total. The molecule has 5 heteroatoms. The topological polar surface area (TPSA) is 86.6 Å². The Kier molecular flexibility index (Phi) is 4.56. The standard InChI is InChI=1S/C16H15NO4/c18-12-6-7-14(17-10-16(20)21)13(9-12)15(19)8-11-4-2-1-3-5-11/h1-7,9,17-18H,8,10H2,(H,20,21). The van der Waals surface area contributed by atoms with Crippen molar-refractivity contribution in [3.05, 3.63) is 59.7 Å². The minimum absolute atomic E-state index is 0.0349. The molecule has 0 aliphatic heterocycles. The normalized spacial score (nSPS) is 10.1. The van der Waals surface area contributed by atoms with Gasteiger partial charge in [0.2, 0.25) is 0 Å². The number of hydrogen-bond acceptors (Lipinski definition) is 4. The average molecular weight is 285 g/mol. The number of ketones is 1. The number of nitrogens with one attached hydrogen (secondary N) is 1. The number of aromatic hydroxyl groups is 1. The third kappa shape index (κ3) is 4.07. The monoisotopic (exact) mass is 285 g/mol. The van der Waals surface area contributed by atoms with Crippen LogP contribution in [0.4, 0.5) is 5.69 Å². The number of rotatable bonds is 6. The van der Waals surface area contributed by atoms with Gasteiger partial charge in [0, 0.05) is 17.7 Å². The maximum atomic E-state index is 12.3. The number of phenolic OH excluding ortho intramolecular Hbond substituents is 1. The van der Waals surface area contributed by atoms with E-state index in [4.69, 9.17) is 5.11 Å². The van der Waals surface area contributed by atoms with Gasteiger partial charge in [-0.2, -0.15) is 0 Å². The maximum Gasteiger partial charge on any atom is 0.322 e. The summed E-state index contributed by atoms with van der Waals surface area (Å²) in [4.78, 5) is 22.9. The predicted octanol–water partition coefficient (Wildman–Crippen LogP) is 2.31. The molecule has 0 spiro atoms. The second kappa shape index (κ2) is 6.56. The lowest BCUT2D eigenvalue weighted by molar-refractivity contribution is -0.134. The summed E-state index contributed by atoms with van der Waals surface area (Å²) >= 11 is 0. The Morgan fingerprint density at radius 2 is 1.76 bits per heavy atom. The van der Waals surface area contributed by atoms with Crippen molar-refractivity contribution in [3.63, 3.8) is 0 Å². The van der Waals surface area contributed by atoms with Gasteiger partial charge in [0.15, 0.2) is 5.78 Å².